The fourth-order valence-electron chi connectivity index (χ4n) is 3.63. The molecule has 1 amide bonds. The predicted octanol–water partition coefficient (Wildman–Crippen LogP) is 3.58. The van der Waals surface area contributed by atoms with Gasteiger partial charge in [0, 0.05) is 24.4 Å². The molecule has 4 aromatic rings. The number of ether oxygens (including phenoxy) is 1. The van der Waals surface area contributed by atoms with Crippen LogP contribution in [0.15, 0.2) is 45.9 Å². The molecule has 0 saturated heterocycles. The van der Waals surface area contributed by atoms with Crippen molar-refractivity contribution in [3.05, 3.63) is 75.2 Å². The van der Waals surface area contributed by atoms with E-state index in [9.17, 15) is 14.0 Å². The maximum absolute atomic E-state index is 13.5. The average molecular weight is 436 g/mol. The lowest BCUT2D eigenvalue weighted by Crippen LogP contribution is -2.17. The quantitative estimate of drug-likeness (QED) is 0.479. The molecule has 1 aromatic carbocycles. The van der Waals surface area contributed by atoms with E-state index in [1.54, 1.807) is 44.0 Å². The molecule has 2 N–H and O–H groups in total. The molecule has 0 fully saturated rings. The summed E-state index contributed by atoms with van der Waals surface area (Å²) >= 11 is 0. The van der Waals surface area contributed by atoms with Crippen molar-refractivity contribution < 1.29 is 18.3 Å². The Morgan fingerprint density at radius 2 is 2.03 bits per heavy atom. The van der Waals surface area contributed by atoms with Crippen LogP contribution in [-0.2, 0) is 7.05 Å². The largest absolute Gasteiger partial charge is 0.483 e. The van der Waals surface area contributed by atoms with Crippen LogP contribution in [0.2, 0.25) is 0 Å². The van der Waals surface area contributed by atoms with Crippen LogP contribution in [0.4, 0.5) is 4.39 Å². The van der Waals surface area contributed by atoms with Gasteiger partial charge in [-0.05, 0) is 50.6 Å². The van der Waals surface area contributed by atoms with Crippen molar-refractivity contribution in [3.8, 4) is 17.1 Å². The van der Waals surface area contributed by atoms with E-state index in [1.807, 2.05) is 13.0 Å². The van der Waals surface area contributed by atoms with Gasteiger partial charge < -0.3 is 14.9 Å². The third-order valence-corrected chi connectivity index (χ3v) is 5.16. The molecule has 0 aliphatic carbocycles. The van der Waals surface area contributed by atoms with Crippen LogP contribution >= 0.6 is 0 Å². The van der Waals surface area contributed by atoms with Crippen molar-refractivity contribution in [1.29, 1.82) is 0 Å². The van der Waals surface area contributed by atoms with Crippen LogP contribution in [0.5, 0.6) is 5.75 Å². The van der Waals surface area contributed by atoms with Gasteiger partial charge in [-0.15, -0.1) is 0 Å². The monoisotopic (exact) mass is 436 g/mol. The Labute approximate surface area is 182 Å². The average Bonchev–Trinajstić information content (AvgIpc) is 3.17. The molecule has 1 atom stereocenters. The Balaban J connectivity index is 1.88. The summed E-state index contributed by atoms with van der Waals surface area (Å²) in [6.07, 6.45) is 2.71. The third kappa shape index (κ3) is 3.73. The fourth-order valence-corrected chi connectivity index (χ4v) is 3.63. The van der Waals surface area contributed by atoms with Crippen LogP contribution in [0.1, 0.15) is 40.2 Å². The Morgan fingerprint density at radius 1 is 1.28 bits per heavy atom. The second kappa shape index (κ2) is 7.92. The number of benzene rings is 1. The minimum absolute atomic E-state index is 0.0306. The molecular weight excluding hydrogens is 415 g/mol. The second-order valence-corrected chi connectivity index (χ2v) is 7.62. The highest BCUT2D eigenvalue weighted by Crippen LogP contribution is 2.33. The van der Waals surface area contributed by atoms with Crippen molar-refractivity contribution in [1.82, 2.24) is 14.8 Å². The van der Waals surface area contributed by atoms with Gasteiger partial charge >= 0.3 is 0 Å². The maximum atomic E-state index is 13.5. The first kappa shape index (κ1) is 21.2. The van der Waals surface area contributed by atoms with Gasteiger partial charge in [-0.2, -0.15) is 9.49 Å². The molecule has 0 saturated carbocycles. The lowest BCUT2D eigenvalue weighted by Gasteiger charge is -2.19. The van der Waals surface area contributed by atoms with E-state index in [0.717, 1.165) is 11.6 Å². The lowest BCUT2D eigenvalue weighted by molar-refractivity contribution is 0.0987. The van der Waals surface area contributed by atoms with Crippen molar-refractivity contribution in [2.24, 2.45) is 12.8 Å². The van der Waals surface area contributed by atoms with Crippen LogP contribution in [0.25, 0.3) is 22.3 Å². The van der Waals surface area contributed by atoms with Gasteiger partial charge in [0.05, 0.1) is 17.1 Å². The normalized spacial score (nSPS) is 12.2. The Morgan fingerprint density at radius 3 is 2.69 bits per heavy atom. The number of halogens is 1. The van der Waals surface area contributed by atoms with E-state index in [2.05, 4.69) is 10.1 Å². The van der Waals surface area contributed by atoms with Crippen molar-refractivity contribution >= 4 is 16.9 Å². The first-order valence-electron chi connectivity index (χ1n) is 9.85. The molecule has 3 heterocycles. The SMILES string of the molecule is Cc1cc([C@@H](C)Oc2ccc(F)nc2C(N)=O)c2oc(-c3cnn(C)c3)c(C)c(=O)c2c1. The van der Waals surface area contributed by atoms with Gasteiger partial charge in [0.1, 0.15) is 17.4 Å². The smallest absolute Gasteiger partial charge is 0.271 e. The number of hydrogen-bond donors (Lipinski definition) is 1. The van der Waals surface area contributed by atoms with E-state index in [-0.39, 0.29) is 16.9 Å². The fraction of sp³-hybridized carbons (Fsp3) is 0.217. The first-order chi connectivity index (χ1) is 15.2. The van der Waals surface area contributed by atoms with Gasteiger partial charge in [-0.1, -0.05) is 0 Å². The van der Waals surface area contributed by atoms with E-state index in [4.69, 9.17) is 14.9 Å². The van der Waals surface area contributed by atoms with Gasteiger partial charge in [0.15, 0.2) is 16.9 Å². The highest BCUT2D eigenvalue weighted by Gasteiger charge is 2.22. The Hall–Kier alpha value is -4.01. The summed E-state index contributed by atoms with van der Waals surface area (Å²) in [7, 11) is 1.77. The van der Waals surface area contributed by atoms with Crippen molar-refractivity contribution in [2.45, 2.75) is 26.9 Å². The molecule has 0 spiro atoms. The molecule has 0 radical (unpaired) electrons. The van der Waals surface area contributed by atoms with Crippen LogP contribution in [0, 0.1) is 19.8 Å². The molecule has 32 heavy (non-hydrogen) atoms. The standard InChI is InChI=1S/C23H21FN4O4/c1-11-7-15(13(3)31-17-5-6-18(24)27-19(17)23(25)30)22-16(8-11)20(29)12(2)21(32-22)14-9-26-28(4)10-14/h5-10,13H,1-4H3,(H2,25,30)/t13-/m1/s1. The summed E-state index contributed by atoms with van der Waals surface area (Å²) in [6.45, 7) is 5.29. The maximum Gasteiger partial charge on any atom is 0.271 e. The van der Waals surface area contributed by atoms with Crippen molar-refractivity contribution in [3.63, 3.8) is 0 Å². The van der Waals surface area contributed by atoms with Gasteiger partial charge in [-0.3, -0.25) is 14.3 Å². The first-order valence-corrected chi connectivity index (χ1v) is 9.85. The number of pyridine rings is 1. The van der Waals surface area contributed by atoms with Gasteiger partial charge in [-0.25, -0.2) is 4.98 Å². The number of nitrogens with zero attached hydrogens (tertiary/aromatic N) is 3. The Kier molecular flexibility index (Phi) is 5.25. The number of nitrogens with two attached hydrogens (primary N) is 1. The number of aryl methyl sites for hydroxylation is 2. The van der Waals surface area contributed by atoms with Crippen LogP contribution in [-0.4, -0.2) is 20.7 Å². The van der Waals surface area contributed by atoms with E-state index in [1.165, 1.54) is 6.07 Å². The zero-order valence-electron chi connectivity index (χ0n) is 18.0. The number of hydrogen-bond acceptors (Lipinski definition) is 6. The van der Waals surface area contributed by atoms with Gasteiger partial charge in [0.25, 0.3) is 5.91 Å². The highest BCUT2D eigenvalue weighted by molar-refractivity contribution is 5.93. The number of fused-ring (bicyclic) bond motifs is 1. The minimum Gasteiger partial charge on any atom is -0.483 e. The molecule has 0 aliphatic rings. The summed E-state index contributed by atoms with van der Waals surface area (Å²) in [5.41, 5.74) is 7.74. The number of carbonyl (C=O) groups is 1. The number of carbonyl (C=O) groups excluding carboxylic acids is 1. The number of rotatable bonds is 5. The zero-order valence-corrected chi connectivity index (χ0v) is 18.0. The molecule has 9 heteroatoms. The van der Waals surface area contributed by atoms with Crippen LogP contribution < -0.4 is 15.9 Å². The summed E-state index contributed by atoms with van der Waals surface area (Å²) in [5, 5.41) is 4.56. The molecule has 164 valence electrons. The molecule has 0 aliphatic heterocycles. The van der Waals surface area contributed by atoms with Gasteiger partial charge in [0.2, 0.25) is 5.95 Å². The number of aromatic nitrogens is 3. The molecule has 0 unspecified atom stereocenters. The summed E-state index contributed by atoms with van der Waals surface area (Å²) in [4.78, 5) is 28.4. The lowest BCUT2D eigenvalue weighted by atomic mass is 10.0. The third-order valence-electron chi connectivity index (χ3n) is 5.16. The van der Waals surface area contributed by atoms with E-state index in [0.29, 0.717) is 33.4 Å². The predicted molar refractivity (Wildman–Crippen MR) is 116 cm³/mol. The summed E-state index contributed by atoms with van der Waals surface area (Å²) < 4.78 is 27.2. The molecular formula is C23H21FN4O4. The topological polar surface area (TPSA) is 113 Å². The zero-order chi connectivity index (χ0) is 23.2. The summed E-state index contributed by atoms with van der Waals surface area (Å²) in [6, 6.07) is 5.95. The second-order valence-electron chi connectivity index (χ2n) is 7.62. The number of amides is 1. The van der Waals surface area contributed by atoms with E-state index < -0.39 is 18.0 Å². The minimum atomic E-state index is -0.915. The molecule has 4 rings (SSSR count). The van der Waals surface area contributed by atoms with Crippen LogP contribution in [0.3, 0.4) is 0 Å². The molecule has 8 nitrogen and oxygen atoms in total. The molecule has 3 aromatic heterocycles. The Bertz CT molecular complexity index is 1420. The molecule has 0 bridgehead atoms. The number of primary amides is 1. The van der Waals surface area contributed by atoms with E-state index >= 15 is 0 Å². The van der Waals surface area contributed by atoms with Crippen molar-refractivity contribution in [2.75, 3.05) is 0 Å². The summed E-state index contributed by atoms with van der Waals surface area (Å²) in [5.74, 6) is -1.32. The highest BCUT2D eigenvalue weighted by atomic mass is 19.1.